The molecule has 0 aromatic carbocycles. The SMILES string of the molecule is Cc1csc(CN(CCCO)C2CCC2)n1. The van der Waals surface area contributed by atoms with Gasteiger partial charge in [0.15, 0.2) is 0 Å². The minimum atomic E-state index is 0.292. The van der Waals surface area contributed by atoms with Crippen molar-refractivity contribution in [3.8, 4) is 0 Å². The summed E-state index contributed by atoms with van der Waals surface area (Å²) in [5.41, 5.74) is 1.12. The Morgan fingerprint density at radius 1 is 1.56 bits per heavy atom. The van der Waals surface area contributed by atoms with E-state index in [0.717, 1.165) is 31.2 Å². The van der Waals surface area contributed by atoms with E-state index in [2.05, 4.69) is 15.3 Å². The van der Waals surface area contributed by atoms with Gasteiger partial charge in [0.2, 0.25) is 0 Å². The highest BCUT2D eigenvalue weighted by molar-refractivity contribution is 7.09. The van der Waals surface area contributed by atoms with Crippen LogP contribution in [0, 0.1) is 6.92 Å². The molecule has 1 saturated carbocycles. The molecule has 16 heavy (non-hydrogen) atoms. The van der Waals surface area contributed by atoms with Gasteiger partial charge in [-0.1, -0.05) is 6.42 Å². The van der Waals surface area contributed by atoms with E-state index in [1.165, 1.54) is 24.3 Å². The molecule has 90 valence electrons. The molecule has 3 nitrogen and oxygen atoms in total. The van der Waals surface area contributed by atoms with Crippen molar-refractivity contribution in [3.63, 3.8) is 0 Å². The molecule has 1 aliphatic rings. The van der Waals surface area contributed by atoms with Crippen LogP contribution in [0.25, 0.3) is 0 Å². The summed E-state index contributed by atoms with van der Waals surface area (Å²) in [7, 11) is 0. The van der Waals surface area contributed by atoms with E-state index in [1.807, 2.05) is 6.92 Å². The first-order valence-electron chi connectivity index (χ1n) is 6.05. The number of nitrogens with zero attached hydrogens (tertiary/aromatic N) is 2. The number of hydrogen-bond acceptors (Lipinski definition) is 4. The quantitative estimate of drug-likeness (QED) is 0.828. The van der Waals surface area contributed by atoms with Crippen LogP contribution in [0.4, 0.5) is 0 Å². The van der Waals surface area contributed by atoms with Crippen molar-refractivity contribution in [2.45, 2.75) is 45.2 Å². The number of rotatable bonds is 6. The molecule has 0 atom stereocenters. The van der Waals surface area contributed by atoms with Gasteiger partial charge in [-0.15, -0.1) is 11.3 Å². The van der Waals surface area contributed by atoms with Crippen LogP contribution in [0.5, 0.6) is 0 Å². The van der Waals surface area contributed by atoms with Crippen molar-refractivity contribution < 1.29 is 5.11 Å². The molecule has 0 spiro atoms. The average Bonchev–Trinajstić information content (AvgIpc) is 2.58. The van der Waals surface area contributed by atoms with Crippen LogP contribution in [0.15, 0.2) is 5.38 Å². The van der Waals surface area contributed by atoms with E-state index < -0.39 is 0 Å². The highest BCUT2D eigenvalue weighted by Crippen LogP contribution is 2.26. The van der Waals surface area contributed by atoms with Gasteiger partial charge in [0, 0.05) is 30.3 Å². The topological polar surface area (TPSA) is 36.4 Å². The van der Waals surface area contributed by atoms with Gasteiger partial charge < -0.3 is 5.11 Å². The first-order valence-corrected chi connectivity index (χ1v) is 6.93. The number of aromatic nitrogens is 1. The molecule has 0 amide bonds. The van der Waals surface area contributed by atoms with Crippen LogP contribution < -0.4 is 0 Å². The van der Waals surface area contributed by atoms with Crippen molar-refractivity contribution >= 4 is 11.3 Å². The Kier molecular flexibility index (Phi) is 4.32. The lowest BCUT2D eigenvalue weighted by molar-refractivity contribution is 0.109. The van der Waals surface area contributed by atoms with E-state index in [4.69, 9.17) is 5.11 Å². The van der Waals surface area contributed by atoms with Crippen LogP contribution >= 0.6 is 11.3 Å². The predicted octanol–water partition coefficient (Wildman–Crippen LogP) is 2.19. The van der Waals surface area contributed by atoms with E-state index in [-0.39, 0.29) is 0 Å². The highest BCUT2D eigenvalue weighted by atomic mass is 32.1. The van der Waals surface area contributed by atoms with Gasteiger partial charge in [0.05, 0.1) is 6.54 Å². The molecular weight excluding hydrogens is 220 g/mol. The maximum atomic E-state index is 8.92. The van der Waals surface area contributed by atoms with Crippen LogP contribution in [-0.4, -0.2) is 34.2 Å². The van der Waals surface area contributed by atoms with E-state index in [9.17, 15) is 0 Å². The Hall–Kier alpha value is -0.450. The Bertz CT molecular complexity index is 323. The Morgan fingerprint density at radius 2 is 2.38 bits per heavy atom. The van der Waals surface area contributed by atoms with E-state index in [0.29, 0.717) is 6.61 Å². The van der Waals surface area contributed by atoms with Gasteiger partial charge in [0.1, 0.15) is 5.01 Å². The lowest BCUT2D eigenvalue weighted by Crippen LogP contribution is -2.40. The zero-order valence-electron chi connectivity index (χ0n) is 9.85. The van der Waals surface area contributed by atoms with Crippen molar-refractivity contribution in [3.05, 3.63) is 16.1 Å². The van der Waals surface area contributed by atoms with Gasteiger partial charge in [-0.3, -0.25) is 4.90 Å². The minimum Gasteiger partial charge on any atom is -0.396 e. The summed E-state index contributed by atoms with van der Waals surface area (Å²) in [6.45, 7) is 4.30. The Labute approximate surface area is 101 Å². The zero-order valence-corrected chi connectivity index (χ0v) is 10.7. The molecule has 2 rings (SSSR count). The lowest BCUT2D eigenvalue weighted by atomic mass is 9.91. The van der Waals surface area contributed by atoms with Gasteiger partial charge in [-0.05, 0) is 26.2 Å². The van der Waals surface area contributed by atoms with Crippen molar-refractivity contribution in [1.82, 2.24) is 9.88 Å². The second-order valence-corrected chi connectivity index (χ2v) is 5.46. The molecule has 0 unspecified atom stereocenters. The van der Waals surface area contributed by atoms with Gasteiger partial charge in [0.25, 0.3) is 0 Å². The largest absolute Gasteiger partial charge is 0.396 e. The third kappa shape index (κ3) is 3.03. The molecule has 0 aliphatic heterocycles. The van der Waals surface area contributed by atoms with Crippen molar-refractivity contribution in [1.29, 1.82) is 0 Å². The summed E-state index contributed by atoms with van der Waals surface area (Å²) in [4.78, 5) is 7.00. The van der Waals surface area contributed by atoms with Gasteiger partial charge in [-0.2, -0.15) is 0 Å². The summed E-state index contributed by atoms with van der Waals surface area (Å²) >= 11 is 1.75. The molecule has 0 saturated heterocycles. The Balaban J connectivity index is 1.90. The number of hydrogen-bond donors (Lipinski definition) is 1. The third-order valence-corrected chi connectivity index (χ3v) is 4.15. The normalized spacial score (nSPS) is 16.7. The fourth-order valence-corrected chi connectivity index (χ4v) is 2.86. The standard InChI is InChI=1S/C12H20N2OS/c1-10-9-16-12(13-10)8-14(6-3-7-15)11-4-2-5-11/h9,11,15H,2-8H2,1H3. The summed E-state index contributed by atoms with van der Waals surface area (Å²) in [5, 5.41) is 12.2. The lowest BCUT2D eigenvalue weighted by Gasteiger charge is -2.37. The molecule has 1 aromatic heterocycles. The van der Waals surface area contributed by atoms with Crippen molar-refractivity contribution in [2.24, 2.45) is 0 Å². The summed E-state index contributed by atoms with van der Waals surface area (Å²) in [6, 6.07) is 0.732. The molecule has 4 heteroatoms. The molecule has 1 aromatic rings. The number of aliphatic hydroxyl groups excluding tert-OH is 1. The fraction of sp³-hybridized carbons (Fsp3) is 0.750. The van der Waals surface area contributed by atoms with Gasteiger partial charge >= 0.3 is 0 Å². The number of aliphatic hydroxyl groups is 1. The summed E-state index contributed by atoms with van der Waals surface area (Å²) < 4.78 is 0. The van der Waals surface area contributed by atoms with Crippen LogP contribution in [-0.2, 0) is 6.54 Å². The summed E-state index contributed by atoms with van der Waals surface area (Å²) in [5.74, 6) is 0. The average molecular weight is 240 g/mol. The molecule has 1 fully saturated rings. The Morgan fingerprint density at radius 3 is 2.88 bits per heavy atom. The monoisotopic (exact) mass is 240 g/mol. The van der Waals surface area contributed by atoms with Crippen molar-refractivity contribution in [2.75, 3.05) is 13.2 Å². The smallest absolute Gasteiger partial charge is 0.107 e. The second-order valence-electron chi connectivity index (χ2n) is 4.51. The fourth-order valence-electron chi connectivity index (χ4n) is 2.07. The summed E-state index contributed by atoms with van der Waals surface area (Å²) in [6.07, 6.45) is 4.86. The molecule has 0 radical (unpaired) electrons. The molecule has 1 N–H and O–H groups in total. The van der Waals surface area contributed by atoms with Crippen LogP contribution in [0.2, 0.25) is 0 Å². The molecule has 1 aliphatic carbocycles. The third-order valence-electron chi connectivity index (χ3n) is 3.20. The zero-order chi connectivity index (χ0) is 11.4. The van der Waals surface area contributed by atoms with Gasteiger partial charge in [-0.25, -0.2) is 4.98 Å². The first-order chi connectivity index (χ1) is 7.79. The number of aryl methyl sites for hydroxylation is 1. The maximum Gasteiger partial charge on any atom is 0.107 e. The highest BCUT2D eigenvalue weighted by Gasteiger charge is 2.25. The maximum absolute atomic E-state index is 8.92. The van der Waals surface area contributed by atoms with Crippen LogP contribution in [0.3, 0.4) is 0 Å². The minimum absolute atomic E-state index is 0.292. The number of thiazole rings is 1. The molecular formula is C12H20N2OS. The predicted molar refractivity (Wildman–Crippen MR) is 66.6 cm³/mol. The first kappa shape index (κ1) is 12.0. The molecule has 1 heterocycles. The molecule has 0 bridgehead atoms. The van der Waals surface area contributed by atoms with E-state index in [1.54, 1.807) is 11.3 Å². The second kappa shape index (κ2) is 5.75. The van der Waals surface area contributed by atoms with Crippen LogP contribution in [0.1, 0.15) is 36.4 Å². The van der Waals surface area contributed by atoms with E-state index >= 15 is 0 Å².